The van der Waals surface area contributed by atoms with Crippen LogP contribution in [0.4, 0.5) is 18.9 Å². The molecule has 0 bridgehead atoms. The van der Waals surface area contributed by atoms with Crippen LogP contribution in [0, 0.1) is 3.57 Å². The molecule has 0 spiro atoms. The number of benzene rings is 2. The molecule has 2 amide bonds. The molecule has 11 heteroatoms. The Hall–Kier alpha value is -2.83. The maximum atomic E-state index is 12.7. The van der Waals surface area contributed by atoms with Crippen molar-refractivity contribution < 1.29 is 32.2 Å². The Balaban J connectivity index is 1.86. The number of amides is 2. The number of nitrogens with one attached hydrogen (secondary N) is 2. The van der Waals surface area contributed by atoms with E-state index >= 15 is 0 Å². The molecule has 0 heterocycles. The molecule has 0 unspecified atom stereocenters. The Morgan fingerprint density at radius 3 is 2.55 bits per heavy atom. The molecule has 0 radical (unpaired) electrons. The lowest BCUT2D eigenvalue weighted by Crippen LogP contribution is -2.20. The lowest BCUT2D eigenvalue weighted by atomic mass is 10.2. The molecule has 0 saturated heterocycles. The van der Waals surface area contributed by atoms with E-state index < -0.39 is 23.6 Å². The van der Waals surface area contributed by atoms with Crippen molar-refractivity contribution in [1.29, 1.82) is 0 Å². The van der Waals surface area contributed by atoms with E-state index in [-0.39, 0.29) is 18.5 Å². The van der Waals surface area contributed by atoms with Crippen LogP contribution in [0.5, 0.6) is 11.5 Å². The van der Waals surface area contributed by atoms with Crippen LogP contribution in [0.2, 0.25) is 0 Å². The molecule has 178 valence electrons. The van der Waals surface area contributed by atoms with Gasteiger partial charge in [-0.25, -0.2) is 5.43 Å². The van der Waals surface area contributed by atoms with Gasteiger partial charge in [-0.15, -0.1) is 0 Å². The van der Waals surface area contributed by atoms with Crippen molar-refractivity contribution in [2.24, 2.45) is 5.10 Å². The smallest absolute Gasteiger partial charge is 0.416 e. The van der Waals surface area contributed by atoms with Crippen molar-refractivity contribution in [2.45, 2.75) is 32.4 Å². The average molecular weight is 577 g/mol. The third kappa shape index (κ3) is 8.56. The summed E-state index contributed by atoms with van der Waals surface area (Å²) < 4.78 is 50.1. The summed E-state index contributed by atoms with van der Waals surface area (Å²) in [5.41, 5.74) is 2.11. The van der Waals surface area contributed by atoms with Crippen LogP contribution >= 0.6 is 22.6 Å². The van der Waals surface area contributed by atoms with Crippen molar-refractivity contribution in [2.75, 3.05) is 19.0 Å². The zero-order valence-electron chi connectivity index (χ0n) is 18.0. The minimum Gasteiger partial charge on any atom is -0.493 e. The lowest BCUT2D eigenvalue weighted by Gasteiger charge is -2.12. The summed E-state index contributed by atoms with van der Waals surface area (Å²) in [6.07, 6.45) is -2.63. The van der Waals surface area contributed by atoms with E-state index in [1.807, 2.05) is 13.0 Å². The maximum Gasteiger partial charge on any atom is 0.416 e. The Labute approximate surface area is 202 Å². The Morgan fingerprint density at radius 1 is 1.15 bits per heavy atom. The molecule has 7 nitrogen and oxygen atoms in total. The molecule has 0 aliphatic carbocycles. The topological polar surface area (TPSA) is 89.0 Å². The summed E-state index contributed by atoms with van der Waals surface area (Å²) in [4.78, 5) is 23.9. The number of alkyl halides is 3. The first-order valence-electron chi connectivity index (χ1n) is 9.93. The summed E-state index contributed by atoms with van der Waals surface area (Å²) in [5.74, 6) is 0.0627. The molecule has 0 saturated carbocycles. The first-order chi connectivity index (χ1) is 15.6. The van der Waals surface area contributed by atoms with Gasteiger partial charge in [0.05, 0.1) is 29.1 Å². The summed E-state index contributed by atoms with van der Waals surface area (Å²) >= 11 is 2.11. The minimum absolute atomic E-state index is 0.00293. The van der Waals surface area contributed by atoms with Crippen molar-refractivity contribution in [3.8, 4) is 11.5 Å². The zero-order valence-corrected chi connectivity index (χ0v) is 20.1. The van der Waals surface area contributed by atoms with E-state index in [4.69, 9.17) is 9.47 Å². The number of rotatable bonds is 10. The lowest BCUT2D eigenvalue weighted by molar-refractivity contribution is -0.137. The van der Waals surface area contributed by atoms with E-state index in [1.54, 1.807) is 6.07 Å². The van der Waals surface area contributed by atoms with Crippen LogP contribution < -0.4 is 20.2 Å². The quantitative estimate of drug-likeness (QED) is 0.237. The van der Waals surface area contributed by atoms with Gasteiger partial charge in [0.15, 0.2) is 11.5 Å². The van der Waals surface area contributed by atoms with Crippen molar-refractivity contribution in [3.05, 3.63) is 51.1 Å². The third-order valence-electron chi connectivity index (χ3n) is 4.16. The first-order valence-corrected chi connectivity index (χ1v) is 11.0. The van der Waals surface area contributed by atoms with Crippen molar-refractivity contribution in [1.82, 2.24) is 5.43 Å². The van der Waals surface area contributed by atoms with Crippen LogP contribution in [0.3, 0.4) is 0 Å². The predicted molar refractivity (Wildman–Crippen MR) is 127 cm³/mol. The normalized spacial score (nSPS) is 11.3. The molecular weight excluding hydrogens is 554 g/mol. The van der Waals surface area contributed by atoms with Gasteiger partial charge in [0.25, 0.3) is 0 Å². The molecule has 0 aromatic heterocycles. The SMILES string of the molecule is CCCOc1c(I)cc(C=NNC(=O)CCC(=O)Nc2cccc(C(F)(F)F)c2)cc1OC. The zero-order chi connectivity index (χ0) is 24.4. The van der Waals surface area contributed by atoms with E-state index in [2.05, 4.69) is 38.4 Å². The summed E-state index contributed by atoms with van der Waals surface area (Å²) in [6.45, 7) is 2.55. The highest BCUT2D eigenvalue weighted by molar-refractivity contribution is 14.1. The van der Waals surface area contributed by atoms with Gasteiger partial charge in [0.2, 0.25) is 11.8 Å². The van der Waals surface area contributed by atoms with E-state index in [9.17, 15) is 22.8 Å². The number of hydrazone groups is 1. The second-order valence-corrected chi connectivity index (χ2v) is 7.96. The highest BCUT2D eigenvalue weighted by atomic mass is 127. The van der Waals surface area contributed by atoms with Gasteiger partial charge in [-0.2, -0.15) is 18.3 Å². The Kier molecular flexibility index (Phi) is 9.95. The van der Waals surface area contributed by atoms with Crippen LogP contribution in [0.25, 0.3) is 0 Å². The number of ether oxygens (including phenoxy) is 2. The first kappa shape index (κ1) is 26.4. The Morgan fingerprint density at radius 2 is 1.88 bits per heavy atom. The molecule has 0 atom stereocenters. The van der Waals surface area contributed by atoms with E-state index in [0.29, 0.717) is 23.7 Å². The van der Waals surface area contributed by atoms with Crippen LogP contribution in [0.1, 0.15) is 37.3 Å². The van der Waals surface area contributed by atoms with Crippen LogP contribution in [0.15, 0.2) is 41.5 Å². The number of halogens is 4. The summed E-state index contributed by atoms with van der Waals surface area (Å²) in [5, 5.41) is 6.22. The molecule has 0 fully saturated rings. The number of anilines is 1. The largest absolute Gasteiger partial charge is 0.493 e. The molecule has 2 rings (SSSR count). The highest BCUT2D eigenvalue weighted by Gasteiger charge is 2.30. The fraction of sp³-hybridized carbons (Fsp3) is 0.318. The number of carbonyl (C=O) groups is 2. The van der Waals surface area contributed by atoms with Gasteiger partial charge in [0, 0.05) is 18.5 Å². The molecule has 0 aliphatic heterocycles. The molecular formula is C22H23F3IN3O4. The minimum atomic E-state index is -4.51. The van der Waals surface area contributed by atoms with E-state index in [0.717, 1.165) is 22.1 Å². The number of nitrogens with zero attached hydrogens (tertiary/aromatic N) is 1. The van der Waals surface area contributed by atoms with E-state index in [1.165, 1.54) is 25.5 Å². The van der Waals surface area contributed by atoms with Gasteiger partial charge in [-0.1, -0.05) is 13.0 Å². The molecule has 2 aromatic rings. The summed E-state index contributed by atoms with van der Waals surface area (Å²) in [6, 6.07) is 7.79. The number of hydrogen-bond acceptors (Lipinski definition) is 5. The van der Waals surface area contributed by atoms with Gasteiger partial charge >= 0.3 is 6.18 Å². The van der Waals surface area contributed by atoms with Gasteiger partial charge in [-0.3, -0.25) is 9.59 Å². The van der Waals surface area contributed by atoms with Gasteiger partial charge < -0.3 is 14.8 Å². The molecule has 33 heavy (non-hydrogen) atoms. The third-order valence-corrected chi connectivity index (χ3v) is 4.96. The van der Waals surface area contributed by atoms with Gasteiger partial charge in [0.1, 0.15) is 0 Å². The van der Waals surface area contributed by atoms with Gasteiger partial charge in [-0.05, 0) is 64.9 Å². The van der Waals surface area contributed by atoms with Crippen molar-refractivity contribution >= 4 is 46.3 Å². The molecule has 2 N–H and O–H groups in total. The second kappa shape index (κ2) is 12.4. The second-order valence-electron chi connectivity index (χ2n) is 6.80. The molecule has 0 aliphatic rings. The number of carbonyl (C=O) groups excluding carboxylic acids is 2. The summed E-state index contributed by atoms with van der Waals surface area (Å²) in [7, 11) is 1.53. The number of hydrogen-bond donors (Lipinski definition) is 2. The molecule has 2 aromatic carbocycles. The standard InChI is InChI=1S/C22H23F3IN3O4/c1-3-9-33-21-17(26)10-14(11-18(21)32-2)13-27-29-20(31)8-7-19(30)28-16-6-4-5-15(12-16)22(23,24)25/h4-6,10-13H,3,7-9H2,1-2H3,(H,28,30)(H,29,31). The van der Waals surface area contributed by atoms with Crippen LogP contribution in [-0.4, -0.2) is 31.7 Å². The monoisotopic (exact) mass is 577 g/mol. The fourth-order valence-electron chi connectivity index (χ4n) is 2.62. The fourth-order valence-corrected chi connectivity index (χ4v) is 3.40. The predicted octanol–water partition coefficient (Wildman–Crippen LogP) is 4.98. The number of methoxy groups -OCH3 is 1. The highest BCUT2D eigenvalue weighted by Crippen LogP contribution is 2.33. The Bertz CT molecular complexity index is 1010. The van der Waals surface area contributed by atoms with Crippen LogP contribution in [-0.2, 0) is 15.8 Å². The average Bonchev–Trinajstić information content (AvgIpc) is 2.76. The maximum absolute atomic E-state index is 12.7. The van der Waals surface area contributed by atoms with Crippen molar-refractivity contribution in [3.63, 3.8) is 0 Å².